The fourth-order valence-corrected chi connectivity index (χ4v) is 2.60. The molecule has 0 fully saturated rings. The molecular weight excluding hydrogens is 292 g/mol. The SMILES string of the molecule is Cc1cc(-c2nnc(CSc3nnc(N)n3C)o2)c(C)o1. The van der Waals surface area contributed by atoms with Gasteiger partial charge in [0.15, 0.2) is 5.16 Å². The quantitative estimate of drug-likeness (QED) is 0.728. The Bertz CT molecular complexity index is 775. The van der Waals surface area contributed by atoms with Crippen LogP contribution in [0.3, 0.4) is 0 Å². The molecule has 21 heavy (non-hydrogen) atoms. The molecule has 0 radical (unpaired) electrons. The Morgan fingerprint density at radius 2 is 2.00 bits per heavy atom. The first-order valence-corrected chi connectivity index (χ1v) is 7.20. The van der Waals surface area contributed by atoms with E-state index in [1.165, 1.54) is 11.8 Å². The van der Waals surface area contributed by atoms with Crippen molar-refractivity contribution in [3.8, 4) is 11.5 Å². The second-order valence-corrected chi connectivity index (χ2v) is 5.46. The van der Waals surface area contributed by atoms with Gasteiger partial charge in [-0.05, 0) is 19.9 Å². The Balaban J connectivity index is 1.74. The van der Waals surface area contributed by atoms with Crippen LogP contribution in [0.2, 0.25) is 0 Å². The van der Waals surface area contributed by atoms with Gasteiger partial charge in [0.2, 0.25) is 11.8 Å². The van der Waals surface area contributed by atoms with Crippen molar-refractivity contribution in [2.24, 2.45) is 7.05 Å². The van der Waals surface area contributed by atoms with E-state index in [1.807, 2.05) is 19.9 Å². The number of aromatic nitrogens is 5. The molecule has 2 N–H and O–H groups in total. The Kier molecular flexibility index (Phi) is 3.42. The van der Waals surface area contributed by atoms with E-state index in [2.05, 4.69) is 20.4 Å². The van der Waals surface area contributed by atoms with Crippen molar-refractivity contribution in [3.05, 3.63) is 23.5 Å². The summed E-state index contributed by atoms with van der Waals surface area (Å²) in [5.74, 6) is 3.40. The molecule has 0 aromatic carbocycles. The molecule has 0 aliphatic carbocycles. The van der Waals surface area contributed by atoms with Crippen molar-refractivity contribution in [3.63, 3.8) is 0 Å². The van der Waals surface area contributed by atoms with E-state index in [-0.39, 0.29) is 0 Å². The number of nitrogens with zero attached hydrogens (tertiary/aromatic N) is 5. The lowest BCUT2D eigenvalue weighted by Gasteiger charge is -1.97. The van der Waals surface area contributed by atoms with Gasteiger partial charge in [0.05, 0.1) is 11.3 Å². The maximum absolute atomic E-state index is 5.64. The van der Waals surface area contributed by atoms with Gasteiger partial charge in [0.25, 0.3) is 5.89 Å². The molecule has 0 aliphatic rings. The normalized spacial score (nSPS) is 11.2. The third-order valence-corrected chi connectivity index (χ3v) is 3.94. The lowest BCUT2D eigenvalue weighted by atomic mass is 10.2. The number of hydrogen-bond donors (Lipinski definition) is 1. The zero-order valence-electron chi connectivity index (χ0n) is 11.8. The van der Waals surface area contributed by atoms with Crippen LogP contribution in [-0.4, -0.2) is 25.0 Å². The van der Waals surface area contributed by atoms with Crippen molar-refractivity contribution in [2.45, 2.75) is 24.8 Å². The molecule has 0 saturated heterocycles. The zero-order valence-corrected chi connectivity index (χ0v) is 12.6. The standard InChI is InChI=1S/C12H14N6O2S/c1-6-4-8(7(2)19-6)10-15-14-9(20-10)5-21-12-17-16-11(13)18(12)3/h4H,5H2,1-3H3,(H2,13,16). The van der Waals surface area contributed by atoms with E-state index >= 15 is 0 Å². The van der Waals surface area contributed by atoms with Crippen molar-refractivity contribution < 1.29 is 8.83 Å². The molecule has 0 bridgehead atoms. The summed E-state index contributed by atoms with van der Waals surface area (Å²) in [5, 5.41) is 16.5. The minimum atomic E-state index is 0.369. The second kappa shape index (κ2) is 5.24. The fraction of sp³-hybridized carbons (Fsp3) is 0.333. The molecule has 9 heteroatoms. The Morgan fingerprint density at radius 3 is 2.62 bits per heavy atom. The summed E-state index contributed by atoms with van der Waals surface area (Å²) in [6.45, 7) is 3.74. The maximum Gasteiger partial charge on any atom is 0.251 e. The molecule has 0 aliphatic heterocycles. The van der Waals surface area contributed by atoms with Gasteiger partial charge in [0, 0.05) is 7.05 Å². The molecule has 110 valence electrons. The van der Waals surface area contributed by atoms with E-state index in [0.717, 1.165) is 17.1 Å². The molecule has 0 atom stereocenters. The molecule has 3 rings (SSSR count). The summed E-state index contributed by atoms with van der Waals surface area (Å²) < 4.78 is 12.8. The molecule has 3 heterocycles. The molecule has 0 amide bonds. The summed E-state index contributed by atoms with van der Waals surface area (Å²) >= 11 is 1.43. The largest absolute Gasteiger partial charge is 0.466 e. The van der Waals surface area contributed by atoms with Gasteiger partial charge in [0.1, 0.15) is 11.5 Å². The molecule has 3 aromatic heterocycles. The van der Waals surface area contributed by atoms with Crippen LogP contribution in [-0.2, 0) is 12.8 Å². The zero-order chi connectivity index (χ0) is 15.0. The van der Waals surface area contributed by atoms with E-state index in [0.29, 0.717) is 28.6 Å². The highest BCUT2D eigenvalue weighted by molar-refractivity contribution is 7.98. The third-order valence-electron chi connectivity index (χ3n) is 2.93. The molecular formula is C12H14N6O2S. The topological polar surface area (TPSA) is 109 Å². The average Bonchev–Trinajstić information content (AvgIpc) is 3.11. The molecule has 0 saturated carbocycles. The Hall–Kier alpha value is -2.29. The Labute approximate surface area is 124 Å². The van der Waals surface area contributed by atoms with Gasteiger partial charge >= 0.3 is 0 Å². The van der Waals surface area contributed by atoms with Crippen molar-refractivity contribution in [1.29, 1.82) is 0 Å². The number of anilines is 1. The monoisotopic (exact) mass is 306 g/mol. The highest BCUT2D eigenvalue weighted by Crippen LogP contribution is 2.27. The highest BCUT2D eigenvalue weighted by atomic mass is 32.2. The van der Waals surface area contributed by atoms with Gasteiger partial charge in [-0.3, -0.25) is 4.57 Å². The van der Waals surface area contributed by atoms with Crippen LogP contribution in [0.4, 0.5) is 5.95 Å². The fourth-order valence-electron chi connectivity index (χ4n) is 1.84. The lowest BCUT2D eigenvalue weighted by Crippen LogP contribution is -1.98. The van der Waals surface area contributed by atoms with Crippen LogP contribution in [0.25, 0.3) is 11.5 Å². The van der Waals surface area contributed by atoms with E-state index < -0.39 is 0 Å². The summed E-state index contributed by atoms with van der Waals surface area (Å²) in [7, 11) is 1.80. The molecule has 0 spiro atoms. The van der Waals surface area contributed by atoms with Crippen LogP contribution in [0, 0.1) is 13.8 Å². The number of nitrogens with two attached hydrogens (primary N) is 1. The second-order valence-electron chi connectivity index (χ2n) is 4.52. The first-order valence-electron chi connectivity index (χ1n) is 6.22. The average molecular weight is 306 g/mol. The van der Waals surface area contributed by atoms with Crippen molar-refractivity contribution >= 4 is 17.7 Å². The van der Waals surface area contributed by atoms with Crippen LogP contribution >= 0.6 is 11.8 Å². The number of rotatable bonds is 4. The third kappa shape index (κ3) is 2.64. The number of thioether (sulfide) groups is 1. The van der Waals surface area contributed by atoms with Crippen molar-refractivity contribution in [1.82, 2.24) is 25.0 Å². The van der Waals surface area contributed by atoms with Crippen LogP contribution in [0.1, 0.15) is 17.4 Å². The number of furan rings is 1. The van der Waals surface area contributed by atoms with Gasteiger partial charge < -0.3 is 14.6 Å². The molecule has 3 aromatic rings. The summed E-state index contributed by atoms with van der Waals surface area (Å²) in [5.41, 5.74) is 6.44. The highest BCUT2D eigenvalue weighted by Gasteiger charge is 2.15. The minimum absolute atomic E-state index is 0.369. The van der Waals surface area contributed by atoms with E-state index in [9.17, 15) is 0 Å². The smallest absolute Gasteiger partial charge is 0.251 e. The van der Waals surface area contributed by atoms with Crippen LogP contribution < -0.4 is 5.73 Å². The summed E-state index contributed by atoms with van der Waals surface area (Å²) in [6.07, 6.45) is 0. The summed E-state index contributed by atoms with van der Waals surface area (Å²) in [4.78, 5) is 0. The van der Waals surface area contributed by atoms with Crippen LogP contribution in [0.5, 0.6) is 0 Å². The van der Waals surface area contributed by atoms with Gasteiger partial charge in [-0.2, -0.15) is 0 Å². The number of aryl methyl sites for hydroxylation is 2. The first-order chi connectivity index (χ1) is 10.0. The van der Waals surface area contributed by atoms with Crippen molar-refractivity contribution in [2.75, 3.05) is 5.73 Å². The van der Waals surface area contributed by atoms with E-state index in [1.54, 1.807) is 11.6 Å². The lowest BCUT2D eigenvalue weighted by molar-refractivity contribution is 0.499. The first kappa shape index (κ1) is 13.7. The van der Waals surface area contributed by atoms with Gasteiger partial charge in [-0.25, -0.2) is 0 Å². The Morgan fingerprint density at radius 1 is 1.19 bits per heavy atom. The number of nitrogen functional groups attached to an aromatic ring is 1. The molecule has 0 unspecified atom stereocenters. The van der Waals surface area contributed by atoms with Gasteiger partial charge in [-0.1, -0.05) is 11.8 Å². The summed E-state index contributed by atoms with van der Waals surface area (Å²) in [6, 6.07) is 1.88. The molecule has 8 nitrogen and oxygen atoms in total. The van der Waals surface area contributed by atoms with E-state index in [4.69, 9.17) is 14.6 Å². The minimum Gasteiger partial charge on any atom is -0.466 e. The van der Waals surface area contributed by atoms with Crippen LogP contribution in [0.15, 0.2) is 20.1 Å². The van der Waals surface area contributed by atoms with Gasteiger partial charge in [-0.15, -0.1) is 20.4 Å². The number of hydrogen-bond acceptors (Lipinski definition) is 8. The maximum atomic E-state index is 5.64. The predicted molar refractivity (Wildman–Crippen MR) is 76.5 cm³/mol. The predicted octanol–water partition coefficient (Wildman–Crippen LogP) is 1.95.